The zero-order valence-electron chi connectivity index (χ0n) is 26.4. The zero-order chi connectivity index (χ0) is 35.2. The smallest absolute Gasteiger partial charge is 0.262 e. The average molecular weight is 671 g/mol. The predicted molar refractivity (Wildman–Crippen MR) is 181 cm³/mol. The van der Waals surface area contributed by atoms with Crippen LogP contribution < -0.4 is 29.6 Å². The maximum Gasteiger partial charge on any atom is 0.262 e. The summed E-state index contributed by atoms with van der Waals surface area (Å²) in [5, 5.41) is 15.5. The monoisotopic (exact) mass is 670 g/mol. The van der Waals surface area contributed by atoms with Crippen LogP contribution in [0.1, 0.15) is 11.1 Å². The Kier molecular flexibility index (Phi) is 12.6. The van der Waals surface area contributed by atoms with E-state index >= 15 is 0 Å². The predicted octanol–water partition coefficient (Wildman–Crippen LogP) is 6.75. The second kappa shape index (κ2) is 17.5. The van der Waals surface area contributed by atoms with Crippen molar-refractivity contribution in [2.24, 2.45) is 0 Å². The lowest BCUT2D eigenvalue weighted by atomic mass is 10.1. The van der Waals surface area contributed by atoms with Crippen molar-refractivity contribution in [3.8, 4) is 23.0 Å². The zero-order valence-corrected chi connectivity index (χ0v) is 26.4. The van der Waals surface area contributed by atoms with E-state index in [9.17, 15) is 28.3 Å². The summed E-state index contributed by atoms with van der Waals surface area (Å²) in [5.74, 6) is -1.26. The molecule has 0 saturated carbocycles. The number of benzene rings is 4. The fraction of sp³-hybridized carbons (Fsp3) is 0.108. The summed E-state index contributed by atoms with van der Waals surface area (Å²) in [6.07, 6.45) is 6.71. The number of hydrogen-bond acceptors (Lipinski definition) is 8. The van der Waals surface area contributed by atoms with Gasteiger partial charge in [-0.05, 0) is 96.1 Å². The summed E-state index contributed by atoms with van der Waals surface area (Å²) in [5.41, 5.74) is 2.06. The largest absolute Gasteiger partial charge is 0.508 e. The molecule has 10 nitrogen and oxygen atoms in total. The number of aliphatic hydroxyl groups excluding tert-OH is 1. The molecule has 49 heavy (non-hydrogen) atoms. The lowest BCUT2D eigenvalue weighted by molar-refractivity contribution is -0.118. The van der Waals surface area contributed by atoms with Gasteiger partial charge in [-0.1, -0.05) is 24.3 Å². The van der Waals surface area contributed by atoms with Crippen LogP contribution in [0.5, 0.6) is 23.0 Å². The molecule has 0 spiro atoms. The van der Waals surface area contributed by atoms with Crippen molar-refractivity contribution in [3.63, 3.8) is 0 Å². The Morgan fingerprint density at radius 3 is 1.49 bits per heavy atom. The molecule has 0 aliphatic heterocycles. The van der Waals surface area contributed by atoms with Crippen LogP contribution in [0, 0.1) is 11.6 Å². The molecular formula is C37H32F2N2O8. The molecule has 12 heteroatoms. The van der Waals surface area contributed by atoms with Crippen molar-refractivity contribution >= 4 is 41.1 Å². The third-order valence-electron chi connectivity index (χ3n) is 6.53. The second-order valence-electron chi connectivity index (χ2n) is 10.1. The van der Waals surface area contributed by atoms with Crippen molar-refractivity contribution in [1.82, 2.24) is 0 Å². The van der Waals surface area contributed by atoms with Gasteiger partial charge in [-0.3, -0.25) is 14.4 Å². The molecule has 4 aromatic carbocycles. The van der Waals surface area contributed by atoms with E-state index in [2.05, 4.69) is 10.6 Å². The molecule has 0 bridgehead atoms. The number of carbonyl (C=O) groups is 3. The van der Waals surface area contributed by atoms with Crippen molar-refractivity contribution < 1.29 is 47.2 Å². The molecule has 4 aromatic rings. The van der Waals surface area contributed by atoms with Gasteiger partial charge in [-0.2, -0.15) is 0 Å². The molecule has 0 aromatic heterocycles. The first-order valence-electron chi connectivity index (χ1n) is 14.6. The Morgan fingerprint density at radius 1 is 0.633 bits per heavy atom. The van der Waals surface area contributed by atoms with Gasteiger partial charge < -0.3 is 34.7 Å². The molecule has 0 fully saturated rings. The number of methoxy groups -OCH3 is 2. The van der Waals surface area contributed by atoms with Crippen LogP contribution in [0.4, 0.5) is 20.2 Å². The lowest BCUT2D eigenvalue weighted by Gasteiger charge is -2.11. The van der Waals surface area contributed by atoms with Crippen molar-refractivity contribution in [2.75, 3.05) is 38.1 Å². The van der Waals surface area contributed by atoms with Gasteiger partial charge in [0.05, 0.1) is 14.2 Å². The van der Waals surface area contributed by atoms with Gasteiger partial charge >= 0.3 is 0 Å². The average Bonchev–Trinajstić information content (AvgIpc) is 3.10. The van der Waals surface area contributed by atoms with Gasteiger partial charge in [0.15, 0.2) is 42.0 Å². The fourth-order valence-corrected chi connectivity index (χ4v) is 4.16. The Bertz CT molecular complexity index is 1870. The van der Waals surface area contributed by atoms with Gasteiger partial charge in [0.1, 0.15) is 17.4 Å². The summed E-state index contributed by atoms with van der Waals surface area (Å²) in [6.45, 7) is -0.631. The molecule has 0 heterocycles. The number of amides is 2. The molecule has 0 atom stereocenters. The van der Waals surface area contributed by atoms with Gasteiger partial charge in [0, 0.05) is 17.5 Å². The van der Waals surface area contributed by atoms with E-state index < -0.39 is 29.2 Å². The Hall–Kier alpha value is -6.43. The van der Waals surface area contributed by atoms with E-state index in [4.69, 9.17) is 18.9 Å². The van der Waals surface area contributed by atoms with E-state index in [0.717, 1.165) is 6.08 Å². The highest BCUT2D eigenvalue weighted by Gasteiger charge is 2.11. The first-order chi connectivity index (χ1) is 23.6. The van der Waals surface area contributed by atoms with E-state index in [0.29, 0.717) is 45.5 Å². The van der Waals surface area contributed by atoms with E-state index in [-0.39, 0.29) is 19.0 Å². The lowest BCUT2D eigenvalue weighted by Crippen LogP contribution is -2.20. The summed E-state index contributed by atoms with van der Waals surface area (Å²) >= 11 is 0. The van der Waals surface area contributed by atoms with Crippen molar-refractivity contribution in [1.29, 1.82) is 0 Å². The summed E-state index contributed by atoms with van der Waals surface area (Å²) in [7, 11) is 2.86. The van der Waals surface area contributed by atoms with E-state index in [1.165, 1.54) is 81.0 Å². The number of anilines is 2. The number of aliphatic hydroxyl groups is 1. The van der Waals surface area contributed by atoms with Crippen LogP contribution in [-0.4, -0.2) is 50.1 Å². The van der Waals surface area contributed by atoms with Crippen LogP contribution in [0.25, 0.3) is 12.2 Å². The number of carbonyl (C=O) groups excluding carboxylic acids is 3. The van der Waals surface area contributed by atoms with Gasteiger partial charge in [0.2, 0.25) is 0 Å². The van der Waals surface area contributed by atoms with Crippen LogP contribution in [0.2, 0.25) is 0 Å². The van der Waals surface area contributed by atoms with Gasteiger partial charge in [0.25, 0.3) is 11.8 Å². The highest BCUT2D eigenvalue weighted by atomic mass is 19.1. The maximum atomic E-state index is 13.1. The van der Waals surface area contributed by atoms with Crippen molar-refractivity contribution in [3.05, 3.63) is 132 Å². The molecule has 0 radical (unpaired) electrons. The van der Waals surface area contributed by atoms with Crippen LogP contribution in [0.3, 0.4) is 0 Å². The standard InChI is InChI=1S/C37H32F2N2O8/c1-46-34-19-24(5-17-32(34)48-22-36(44)40-28-11-7-26(38)8-12-28)3-15-30(42)21-31(43)16-4-25-6-18-33(35(20-25)47-2)49-23-37(45)41-29-13-9-27(39)10-14-29/h3-21,42H,22-23H2,1-2H3,(H,40,44)(H,41,45)/b15-3+,16-4+,30-21?. The first kappa shape index (κ1) is 35.4. The number of ether oxygens (including phenoxy) is 4. The molecule has 0 aliphatic rings. The fourth-order valence-electron chi connectivity index (χ4n) is 4.16. The molecule has 252 valence electrons. The Morgan fingerprint density at radius 2 is 1.06 bits per heavy atom. The highest BCUT2D eigenvalue weighted by molar-refractivity contribution is 6.02. The molecule has 4 rings (SSSR count). The number of allylic oxidation sites excluding steroid dienone is 3. The number of nitrogens with one attached hydrogen (secondary N) is 2. The molecule has 2 amide bonds. The van der Waals surface area contributed by atoms with Crippen LogP contribution >= 0.6 is 0 Å². The minimum atomic E-state index is -0.487. The Balaban J connectivity index is 1.28. The summed E-state index contributed by atoms with van der Waals surface area (Å²) in [6, 6.07) is 20.4. The molecule has 0 saturated heterocycles. The first-order valence-corrected chi connectivity index (χ1v) is 14.6. The molecule has 0 unspecified atom stereocenters. The number of rotatable bonds is 15. The third-order valence-corrected chi connectivity index (χ3v) is 6.53. The SMILES string of the molecule is COc1cc(/C=C/C(=O)C=C(O)/C=C/c2ccc(OCC(=O)Nc3ccc(F)cc3)c(OC)c2)ccc1OCC(=O)Nc1ccc(F)cc1. The van der Waals surface area contributed by atoms with Gasteiger partial charge in [-0.15, -0.1) is 0 Å². The minimum Gasteiger partial charge on any atom is -0.508 e. The van der Waals surface area contributed by atoms with E-state index in [1.54, 1.807) is 42.5 Å². The second-order valence-corrected chi connectivity index (χ2v) is 10.1. The number of halogens is 2. The van der Waals surface area contributed by atoms with Crippen molar-refractivity contribution in [2.45, 2.75) is 0 Å². The topological polar surface area (TPSA) is 132 Å². The van der Waals surface area contributed by atoms with Crippen LogP contribution in [-0.2, 0) is 14.4 Å². The van der Waals surface area contributed by atoms with E-state index in [1.807, 2.05) is 0 Å². The summed E-state index contributed by atoms with van der Waals surface area (Å²) < 4.78 is 47.9. The van der Waals surface area contributed by atoms with Crippen LogP contribution in [0.15, 0.2) is 109 Å². The minimum absolute atomic E-state index is 0.298. The quantitative estimate of drug-likeness (QED) is 0.0719. The molecular weight excluding hydrogens is 638 g/mol. The maximum absolute atomic E-state index is 13.1. The Labute approximate surface area is 280 Å². The summed E-state index contributed by atoms with van der Waals surface area (Å²) in [4.78, 5) is 36.8. The normalized spacial score (nSPS) is 11.3. The molecule has 0 aliphatic carbocycles. The molecule has 3 N–H and O–H groups in total. The third kappa shape index (κ3) is 11.4. The number of ketones is 1. The number of hydrogen-bond donors (Lipinski definition) is 3. The highest BCUT2D eigenvalue weighted by Crippen LogP contribution is 2.30. The van der Waals surface area contributed by atoms with Gasteiger partial charge in [-0.25, -0.2) is 8.78 Å².